The molecule has 0 radical (unpaired) electrons. The fourth-order valence-corrected chi connectivity index (χ4v) is 2.85. The molecule has 0 fully saturated rings. The van der Waals surface area contributed by atoms with Crippen molar-refractivity contribution in [2.75, 3.05) is 11.1 Å². The van der Waals surface area contributed by atoms with Gasteiger partial charge < -0.3 is 10.4 Å². The lowest BCUT2D eigenvalue weighted by Crippen LogP contribution is -2.19. The van der Waals surface area contributed by atoms with Gasteiger partial charge in [-0.15, -0.1) is 0 Å². The maximum atomic E-state index is 12.0. The zero-order valence-electron chi connectivity index (χ0n) is 13.1. The Morgan fingerprint density at radius 3 is 2.88 bits per heavy atom. The van der Waals surface area contributed by atoms with E-state index in [1.165, 1.54) is 22.6 Å². The Kier molecular flexibility index (Phi) is 6.52. The van der Waals surface area contributed by atoms with Crippen LogP contribution in [0.25, 0.3) is 0 Å². The van der Waals surface area contributed by atoms with Crippen molar-refractivity contribution in [2.45, 2.75) is 18.7 Å². The molecule has 1 aromatic heterocycles. The number of hydrogen-bond donors (Lipinski definition) is 2. The monoisotopic (exact) mass is 364 g/mol. The molecule has 2 N–H and O–H groups in total. The van der Waals surface area contributed by atoms with Gasteiger partial charge in [0.25, 0.3) is 0 Å². The fourth-order valence-electron chi connectivity index (χ4n) is 1.97. The van der Waals surface area contributed by atoms with Crippen LogP contribution in [0.15, 0.2) is 36.7 Å². The molecule has 0 unspecified atom stereocenters. The molecule has 0 aliphatic carbocycles. The van der Waals surface area contributed by atoms with Gasteiger partial charge in [0.1, 0.15) is 18.9 Å². The molecule has 0 aliphatic rings. The first-order chi connectivity index (χ1) is 11.9. The van der Waals surface area contributed by atoms with Crippen molar-refractivity contribution in [3.8, 4) is 0 Å². The maximum Gasteiger partial charge on any atom is 0.307 e. The molecular weight excluding hydrogens is 348 g/mol. The Morgan fingerprint density at radius 1 is 1.40 bits per heavy atom. The number of aromatic nitrogens is 2. The van der Waals surface area contributed by atoms with Crippen LogP contribution in [0, 0.1) is 10.1 Å². The second-order valence-corrected chi connectivity index (χ2v) is 6.20. The number of rotatable bonds is 9. The van der Waals surface area contributed by atoms with Crippen LogP contribution in [-0.2, 0) is 21.9 Å². The van der Waals surface area contributed by atoms with Gasteiger partial charge in [0.05, 0.1) is 11.3 Å². The lowest BCUT2D eigenvalue weighted by atomic mass is 10.2. The van der Waals surface area contributed by atoms with E-state index >= 15 is 0 Å². The van der Waals surface area contributed by atoms with E-state index in [-0.39, 0.29) is 24.6 Å². The Bertz CT molecular complexity index is 777. The molecule has 0 aliphatic heterocycles. The largest absolute Gasteiger partial charge is 0.481 e. The van der Waals surface area contributed by atoms with Crippen LogP contribution in [-0.4, -0.2) is 37.4 Å². The summed E-state index contributed by atoms with van der Waals surface area (Å²) >= 11 is 1.50. The van der Waals surface area contributed by atoms with Crippen molar-refractivity contribution in [2.24, 2.45) is 0 Å². The van der Waals surface area contributed by atoms with Gasteiger partial charge in [-0.3, -0.25) is 24.4 Å². The Labute approximate surface area is 147 Å². The predicted molar refractivity (Wildman–Crippen MR) is 92.4 cm³/mol. The van der Waals surface area contributed by atoms with Crippen molar-refractivity contribution in [3.63, 3.8) is 0 Å². The molecule has 9 nitrogen and oxygen atoms in total. The number of carboxylic acid groups (broad SMARTS) is 1. The minimum absolute atomic E-state index is 0.108. The molecule has 1 aromatic carbocycles. The van der Waals surface area contributed by atoms with Crippen molar-refractivity contribution < 1.29 is 19.6 Å². The van der Waals surface area contributed by atoms with Crippen LogP contribution in [0.1, 0.15) is 12.0 Å². The van der Waals surface area contributed by atoms with E-state index in [0.717, 1.165) is 11.8 Å². The second kappa shape index (κ2) is 8.83. The number of carboxylic acids is 1. The average molecular weight is 364 g/mol. The zero-order valence-corrected chi connectivity index (χ0v) is 13.9. The molecule has 1 amide bonds. The van der Waals surface area contributed by atoms with E-state index in [0.29, 0.717) is 17.2 Å². The van der Waals surface area contributed by atoms with Crippen LogP contribution in [0.5, 0.6) is 0 Å². The standard InChI is InChI=1S/C15H16N4O5S/c20-14(9-18-8-13(7-16-18)19(23)24)17-12-3-1-2-11(6-12)10-25-5-4-15(21)22/h1-3,6-8H,4-5,9-10H2,(H,17,20)(H,21,22). The number of nitro groups is 1. The first-order valence-corrected chi connectivity index (χ1v) is 8.44. The molecular formula is C15H16N4O5S. The Hall–Kier alpha value is -2.88. The minimum atomic E-state index is -0.827. The van der Waals surface area contributed by atoms with Crippen molar-refractivity contribution >= 4 is 35.0 Å². The van der Waals surface area contributed by atoms with Gasteiger partial charge in [-0.25, -0.2) is 0 Å². The van der Waals surface area contributed by atoms with Crippen LogP contribution in [0.3, 0.4) is 0 Å². The SMILES string of the molecule is O=C(O)CCSCc1cccc(NC(=O)Cn2cc([N+](=O)[O-])cn2)c1. The lowest BCUT2D eigenvalue weighted by molar-refractivity contribution is -0.385. The third-order valence-corrected chi connectivity index (χ3v) is 4.11. The summed E-state index contributed by atoms with van der Waals surface area (Å²) in [6.07, 6.45) is 2.38. The van der Waals surface area contributed by atoms with E-state index in [2.05, 4.69) is 10.4 Å². The Morgan fingerprint density at radius 2 is 2.20 bits per heavy atom. The molecule has 0 saturated heterocycles. The average Bonchev–Trinajstić information content (AvgIpc) is 3.00. The summed E-state index contributed by atoms with van der Waals surface area (Å²) in [6.45, 7) is -0.134. The summed E-state index contributed by atoms with van der Waals surface area (Å²) < 4.78 is 1.19. The molecule has 0 spiro atoms. The number of carbonyl (C=O) groups excluding carboxylic acids is 1. The highest BCUT2D eigenvalue weighted by Crippen LogP contribution is 2.17. The van der Waals surface area contributed by atoms with E-state index in [9.17, 15) is 19.7 Å². The van der Waals surface area contributed by atoms with Gasteiger partial charge in [-0.2, -0.15) is 16.9 Å². The van der Waals surface area contributed by atoms with Gasteiger partial charge in [0.2, 0.25) is 5.91 Å². The maximum absolute atomic E-state index is 12.0. The number of carbonyl (C=O) groups is 2. The zero-order chi connectivity index (χ0) is 18.2. The number of anilines is 1. The molecule has 10 heteroatoms. The highest BCUT2D eigenvalue weighted by Gasteiger charge is 2.11. The summed E-state index contributed by atoms with van der Waals surface area (Å²) in [7, 11) is 0. The highest BCUT2D eigenvalue weighted by molar-refractivity contribution is 7.98. The summed E-state index contributed by atoms with van der Waals surface area (Å²) in [5.74, 6) is -0.0205. The normalized spacial score (nSPS) is 10.4. The highest BCUT2D eigenvalue weighted by atomic mass is 32.2. The number of hydrogen-bond acceptors (Lipinski definition) is 6. The lowest BCUT2D eigenvalue weighted by Gasteiger charge is -2.07. The number of thioether (sulfide) groups is 1. The number of nitrogens with one attached hydrogen (secondary N) is 1. The second-order valence-electron chi connectivity index (χ2n) is 5.10. The minimum Gasteiger partial charge on any atom is -0.481 e. The first-order valence-electron chi connectivity index (χ1n) is 7.29. The predicted octanol–water partition coefficient (Wildman–Crippen LogP) is 2.14. The van der Waals surface area contributed by atoms with Crippen LogP contribution < -0.4 is 5.32 Å². The number of amides is 1. The molecule has 1 heterocycles. The van der Waals surface area contributed by atoms with Crippen molar-refractivity contribution in [1.82, 2.24) is 9.78 Å². The first kappa shape index (κ1) is 18.5. The van der Waals surface area contributed by atoms with Gasteiger partial charge in [-0.05, 0) is 17.7 Å². The Balaban J connectivity index is 1.86. The number of nitrogens with zero attached hydrogens (tertiary/aromatic N) is 3. The van der Waals surface area contributed by atoms with Crippen LogP contribution in [0.2, 0.25) is 0 Å². The quantitative estimate of drug-likeness (QED) is 0.396. The van der Waals surface area contributed by atoms with Gasteiger partial charge >= 0.3 is 11.7 Å². The van der Waals surface area contributed by atoms with E-state index < -0.39 is 10.9 Å². The molecule has 0 atom stereocenters. The van der Waals surface area contributed by atoms with E-state index in [1.54, 1.807) is 18.2 Å². The molecule has 132 valence electrons. The third-order valence-electron chi connectivity index (χ3n) is 3.08. The molecule has 2 rings (SSSR count). The van der Waals surface area contributed by atoms with Crippen molar-refractivity contribution in [3.05, 3.63) is 52.3 Å². The van der Waals surface area contributed by atoms with E-state index in [1.807, 2.05) is 6.07 Å². The number of aliphatic carboxylic acids is 1. The third kappa shape index (κ3) is 6.26. The molecule has 2 aromatic rings. The van der Waals surface area contributed by atoms with Crippen LogP contribution >= 0.6 is 11.8 Å². The van der Waals surface area contributed by atoms with Gasteiger partial charge in [0, 0.05) is 17.2 Å². The smallest absolute Gasteiger partial charge is 0.307 e. The van der Waals surface area contributed by atoms with Gasteiger partial charge in [0.15, 0.2) is 0 Å². The summed E-state index contributed by atoms with van der Waals surface area (Å²) in [5, 5.41) is 25.7. The molecule has 0 bridgehead atoms. The number of benzene rings is 1. The van der Waals surface area contributed by atoms with Crippen molar-refractivity contribution in [1.29, 1.82) is 0 Å². The van der Waals surface area contributed by atoms with Gasteiger partial charge in [-0.1, -0.05) is 12.1 Å². The van der Waals surface area contributed by atoms with Crippen LogP contribution in [0.4, 0.5) is 11.4 Å². The van der Waals surface area contributed by atoms with E-state index in [4.69, 9.17) is 5.11 Å². The molecule has 25 heavy (non-hydrogen) atoms. The summed E-state index contributed by atoms with van der Waals surface area (Å²) in [5.41, 5.74) is 1.39. The summed E-state index contributed by atoms with van der Waals surface area (Å²) in [4.78, 5) is 32.5. The summed E-state index contributed by atoms with van der Waals surface area (Å²) in [6, 6.07) is 7.22. The topological polar surface area (TPSA) is 127 Å². The fraction of sp³-hybridized carbons (Fsp3) is 0.267. The molecule has 0 saturated carbocycles.